The molecule has 0 unspecified atom stereocenters. The van der Waals surface area contributed by atoms with Crippen LogP contribution in [-0.2, 0) is 4.79 Å². The summed E-state index contributed by atoms with van der Waals surface area (Å²) in [6.45, 7) is 4.05. The Bertz CT molecular complexity index is 567. The van der Waals surface area contributed by atoms with Gasteiger partial charge < -0.3 is 5.32 Å². The summed E-state index contributed by atoms with van der Waals surface area (Å²) in [4.78, 5) is 16.8. The fourth-order valence-electron chi connectivity index (χ4n) is 3.71. The van der Waals surface area contributed by atoms with Gasteiger partial charge in [0.25, 0.3) is 0 Å². The van der Waals surface area contributed by atoms with Crippen molar-refractivity contribution in [2.45, 2.75) is 38.1 Å². The lowest BCUT2D eigenvalue weighted by Crippen LogP contribution is -2.52. The number of hydrogen-bond acceptors (Lipinski definition) is 3. The lowest BCUT2D eigenvalue weighted by atomic mass is 9.94. The molecule has 1 aromatic carbocycles. The van der Waals surface area contributed by atoms with Crippen LogP contribution >= 0.6 is 0 Å². The first-order valence-corrected chi connectivity index (χ1v) is 8.83. The van der Waals surface area contributed by atoms with Crippen molar-refractivity contribution in [2.24, 2.45) is 0 Å². The van der Waals surface area contributed by atoms with Crippen LogP contribution in [0.1, 0.15) is 32.1 Å². The molecule has 132 valence electrons. The molecular formula is C18H25F2N3O. The van der Waals surface area contributed by atoms with Crippen molar-refractivity contribution in [1.82, 2.24) is 9.80 Å². The molecule has 1 saturated heterocycles. The van der Waals surface area contributed by atoms with E-state index in [0.717, 1.165) is 44.4 Å². The van der Waals surface area contributed by atoms with Gasteiger partial charge in [-0.3, -0.25) is 14.6 Å². The molecule has 1 amide bonds. The second kappa shape index (κ2) is 8.03. The molecule has 4 nitrogen and oxygen atoms in total. The van der Waals surface area contributed by atoms with E-state index in [4.69, 9.17) is 0 Å². The van der Waals surface area contributed by atoms with E-state index in [1.54, 1.807) is 0 Å². The molecule has 1 aromatic rings. The van der Waals surface area contributed by atoms with Crippen LogP contribution in [-0.4, -0.2) is 54.5 Å². The maximum atomic E-state index is 13.2. The minimum atomic E-state index is -0.950. The Balaban J connectivity index is 1.43. The van der Waals surface area contributed by atoms with Gasteiger partial charge in [0.1, 0.15) is 0 Å². The number of rotatable bonds is 4. The largest absolute Gasteiger partial charge is 0.325 e. The molecule has 2 fully saturated rings. The Kier molecular flexibility index (Phi) is 5.79. The minimum absolute atomic E-state index is 0.188. The van der Waals surface area contributed by atoms with E-state index in [1.165, 1.54) is 38.2 Å². The Morgan fingerprint density at radius 2 is 1.75 bits per heavy atom. The van der Waals surface area contributed by atoms with Gasteiger partial charge in [-0.25, -0.2) is 8.78 Å². The third kappa shape index (κ3) is 4.51. The number of benzene rings is 1. The van der Waals surface area contributed by atoms with E-state index in [1.807, 2.05) is 0 Å². The maximum absolute atomic E-state index is 13.2. The van der Waals surface area contributed by atoms with Crippen molar-refractivity contribution in [2.75, 3.05) is 38.0 Å². The Labute approximate surface area is 141 Å². The van der Waals surface area contributed by atoms with Crippen LogP contribution in [0.3, 0.4) is 0 Å². The summed E-state index contributed by atoms with van der Waals surface area (Å²) in [5.41, 5.74) is 0.291. The number of piperazine rings is 1. The Morgan fingerprint density at radius 1 is 1.04 bits per heavy atom. The van der Waals surface area contributed by atoms with Crippen molar-refractivity contribution < 1.29 is 13.6 Å². The third-order valence-corrected chi connectivity index (χ3v) is 5.07. The number of amides is 1. The van der Waals surface area contributed by atoms with E-state index < -0.39 is 11.6 Å². The Morgan fingerprint density at radius 3 is 2.42 bits per heavy atom. The molecule has 24 heavy (non-hydrogen) atoms. The molecule has 0 aromatic heterocycles. The molecule has 0 bridgehead atoms. The number of carbonyl (C=O) groups excluding carboxylic acids is 1. The monoisotopic (exact) mass is 337 g/mol. The van der Waals surface area contributed by atoms with Crippen LogP contribution in [0.5, 0.6) is 0 Å². The molecule has 6 heteroatoms. The summed E-state index contributed by atoms with van der Waals surface area (Å²) in [6, 6.07) is 4.12. The van der Waals surface area contributed by atoms with Gasteiger partial charge in [0, 0.05) is 44.0 Å². The van der Waals surface area contributed by atoms with Crippen LogP contribution < -0.4 is 5.32 Å². The van der Waals surface area contributed by atoms with Crippen LogP contribution in [0.25, 0.3) is 0 Å². The van der Waals surface area contributed by atoms with Crippen molar-refractivity contribution in [3.8, 4) is 0 Å². The first-order valence-electron chi connectivity index (χ1n) is 8.83. The van der Waals surface area contributed by atoms with Gasteiger partial charge in [0.15, 0.2) is 11.6 Å². The molecule has 3 rings (SSSR count). The average molecular weight is 337 g/mol. The molecule has 0 atom stereocenters. The van der Waals surface area contributed by atoms with Gasteiger partial charge in [0.05, 0.1) is 6.54 Å². The summed E-state index contributed by atoms with van der Waals surface area (Å²) in [6.07, 6.45) is 6.64. The first-order chi connectivity index (χ1) is 11.6. The second-order valence-electron chi connectivity index (χ2n) is 6.78. The quantitative estimate of drug-likeness (QED) is 0.918. The lowest BCUT2D eigenvalue weighted by Gasteiger charge is -2.40. The zero-order valence-corrected chi connectivity index (χ0v) is 13.9. The Hall–Kier alpha value is -1.53. The predicted octanol–water partition coefficient (Wildman–Crippen LogP) is 2.85. The van der Waals surface area contributed by atoms with Gasteiger partial charge in [-0.1, -0.05) is 19.3 Å². The number of hydrogen-bond donors (Lipinski definition) is 1. The SMILES string of the molecule is O=C(CN1CCN(C2CCCCC2)CC1)Nc1ccc(F)c(F)c1. The standard InChI is InChI=1S/C18H25F2N3O/c19-16-7-6-14(12-17(16)20)21-18(24)13-22-8-10-23(11-9-22)15-4-2-1-3-5-15/h6-7,12,15H,1-5,8-11,13H2,(H,21,24). The third-order valence-electron chi connectivity index (χ3n) is 5.07. The van der Waals surface area contributed by atoms with Crippen molar-refractivity contribution in [3.63, 3.8) is 0 Å². The second-order valence-corrected chi connectivity index (χ2v) is 6.78. The molecule has 1 N–H and O–H groups in total. The molecule has 0 radical (unpaired) electrons. The summed E-state index contributed by atoms with van der Waals surface area (Å²) < 4.78 is 26.1. The summed E-state index contributed by atoms with van der Waals surface area (Å²) in [5.74, 6) is -2.05. The van der Waals surface area contributed by atoms with Crippen molar-refractivity contribution in [1.29, 1.82) is 0 Å². The molecule has 1 aliphatic carbocycles. The van der Waals surface area contributed by atoms with E-state index in [0.29, 0.717) is 5.69 Å². The molecule has 2 aliphatic rings. The van der Waals surface area contributed by atoms with E-state index in [2.05, 4.69) is 15.1 Å². The number of halogens is 2. The molecule has 1 aliphatic heterocycles. The molecular weight excluding hydrogens is 312 g/mol. The highest BCUT2D eigenvalue weighted by Crippen LogP contribution is 2.23. The minimum Gasteiger partial charge on any atom is -0.325 e. The summed E-state index contributed by atoms with van der Waals surface area (Å²) in [5, 5.41) is 2.63. The van der Waals surface area contributed by atoms with Crippen LogP contribution in [0.15, 0.2) is 18.2 Å². The van der Waals surface area contributed by atoms with Crippen LogP contribution in [0, 0.1) is 11.6 Å². The molecule has 1 saturated carbocycles. The fourth-order valence-corrected chi connectivity index (χ4v) is 3.71. The van der Waals surface area contributed by atoms with Gasteiger partial charge in [-0.05, 0) is 25.0 Å². The smallest absolute Gasteiger partial charge is 0.238 e. The average Bonchev–Trinajstić information content (AvgIpc) is 2.59. The van der Waals surface area contributed by atoms with Crippen LogP contribution in [0.4, 0.5) is 14.5 Å². The number of nitrogens with one attached hydrogen (secondary N) is 1. The fraction of sp³-hybridized carbons (Fsp3) is 0.611. The van der Waals surface area contributed by atoms with Crippen molar-refractivity contribution >= 4 is 11.6 Å². The van der Waals surface area contributed by atoms with Crippen molar-refractivity contribution in [3.05, 3.63) is 29.8 Å². The summed E-state index contributed by atoms with van der Waals surface area (Å²) >= 11 is 0. The summed E-state index contributed by atoms with van der Waals surface area (Å²) in [7, 11) is 0. The lowest BCUT2D eigenvalue weighted by molar-refractivity contribution is -0.117. The topological polar surface area (TPSA) is 35.6 Å². The van der Waals surface area contributed by atoms with Gasteiger partial charge >= 0.3 is 0 Å². The number of carbonyl (C=O) groups is 1. The van der Waals surface area contributed by atoms with Gasteiger partial charge in [-0.15, -0.1) is 0 Å². The molecule has 0 spiro atoms. The van der Waals surface area contributed by atoms with Gasteiger partial charge in [0.2, 0.25) is 5.91 Å². The zero-order chi connectivity index (χ0) is 16.9. The highest BCUT2D eigenvalue weighted by molar-refractivity contribution is 5.92. The number of anilines is 1. The van der Waals surface area contributed by atoms with E-state index in [9.17, 15) is 13.6 Å². The predicted molar refractivity (Wildman–Crippen MR) is 89.9 cm³/mol. The van der Waals surface area contributed by atoms with E-state index in [-0.39, 0.29) is 12.5 Å². The highest BCUT2D eigenvalue weighted by atomic mass is 19.2. The highest BCUT2D eigenvalue weighted by Gasteiger charge is 2.25. The maximum Gasteiger partial charge on any atom is 0.238 e. The molecule has 1 heterocycles. The first kappa shape index (κ1) is 17.3. The number of nitrogens with zero attached hydrogens (tertiary/aromatic N) is 2. The zero-order valence-electron chi connectivity index (χ0n) is 13.9. The normalized spacial score (nSPS) is 20.9. The van der Waals surface area contributed by atoms with Gasteiger partial charge in [-0.2, -0.15) is 0 Å². The van der Waals surface area contributed by atoms with E-state index >= 15 is 0 Å². The van der Waals surface area contributed by atoms with Crippen LogP contribution in [0.2, 0.25) is 0 Å².